The molecule has 182 valence electrons. The molecule has 5 rings (SSSR count). The van der Waals surface area contributed by atoms with Crippen molar-refractivity contribution in [1.82, 2.24) is 4.90 Å². The number of aryl methyl sites for hydroxylation is 2. The first-order valence-electron chi connectivity index (χ1n) is 12.6. The number of rotatable bonds is 7. The van der Waals surface area contributed by atoms with Gasteiger partial charge in [0.1, 0.15) is 12.4 Å². The summed E-state index contributed by atoms with van der Waals surface area (Å²) in [6.07, 6.45) is 3.07. The van der Waals surface area contributed by atoms with Crippen molar-refractivity contribution in [3.05, 3.63) is 131 Å². The number of hydrogen-bond acceptors (Lipinski definition) is 2. The zero-order valence-electron chi connectivity index (χ0n) is 20.7. The molecule has 0 saturated heterocycles. The average molecular weight is 477 g/mol. The minimum absolute atomic E-state index is 0.0219. The van der Waals surface area contributed by atoms with Crippen LogP contribution in [-0.4, -0.2) is 10.9 Å². The number of carbonyl (C=O) groups is 1. The number of urea groups is 1. The first-order chi connectivity index (χ1) is 17.7. The van der Waals surface area contributed by atoms with Crippen molar-refractivity contribution in [2.45, 2.75) is 45.4 Å². The summed E-state index contributed by atoms with van der Waals surface area (Å²) in [6, 6.07) is 34.6. The molecule has 36 heavy (non-hydrogen) atoms. The number of ether oxygens (including phenoxy) is 1. The molecule has 0 fully saturated rings. The highest BCUT2D eigenvalue weighted by molar-refractivity contribution is 5.89. The van der Waals surface area contributed by atoms with Crippen LogP contribution in [0.1, 0.15) is 46.7 Å². The van der Waals surface area contributed by atoms with Gasteiger partial charge in [-0.2, -0.15) is 0 Å². The van der Waals surface area contributed by atoms with Gasteiger partial charge >= 0.3 is 6.03 Å². The van der Waals surface area contributed by atoms with E-state index in [9.17, 15) is 4.79 Å². The third-order valence-electron chi connectivity index (χ3n) is 6.74. The minimum atomic E-state index is -0.0853. The molecule has 0 aliphatic heterocycles. The molecule has 1 N–H and O–H groups in total. The third-order valence-corrected chi connectivity index (χ3v) is 6.74. The van der Waals surface area contributed by atoms with E-state index in [4.69, 9.17) is 4.74 Å². The largest absolute Gasteiger partial charge is 0.489 e. The van der Waals surface area contributed by atoms with Crippen molar-refractivity contribution in [3.63, 3.8) is 0 Å². The molecule has 1 aliphatic rings. The van der Waals surface area contributed by atoms with Crippen LogP contribution in [0.4, 0.5) is 10.5 Å². The molecule has 1 unspecified atom stereocenters. The molecule has 0 bridgehead atoms. The van der Waals surface area contributed by atoms with Gasteiger partial charge in [-0.15, -0.1) is 0 Å². The quantitative estimate of drug-likeness (QED) is 0.297. The van der Waals surface area contributed by atoms with Crippen LogP contribution in [0.25, 0.3) is 0 Å². The summed E-state index contributed by atoms with van der Waals surface area (Å²) in [6.45, 7) is 3.04. The van der Waals surface area contributed by atoms with Gasteiger partial charge in [0.2, 0.25) is 0 Å². The Balaban J connectivity index is 1.39. The van der Waals surface area contributed by atoms with Crippen molar-refractivity contribution < 1.29 is 9.53 Å². The van der Waals surface area contributed by atoms with Gasteiger partial charge in [0, 0.05) is 12.2 Å². The first kappa shape index (κ1) is 23.7. The van der Waals surface area contributed by atoms with Crippen LogP contribution in [0.3, 0.4) is 0 Å². The van der Waals surface area contributed by atoms with Crippen molar-refractivity contribution in [2.75, 3.05) is 5.32 Å². The van der Waals surface area contributed by atoms with Crippen LogP contribution >= 0.6 is 0 Å². The normalized spacial score (nSPS) is 14.5. The number of nitrogens with one attached hydrogen (secondary N) is 1. The zero-order chi connectivity index (χ0) is 24.7. The second kappa shape index (κ2) is 11.1. The lowest BCUT2D eigenvalue weighted by Gasteiger charge is -2.36. The molecule has 2 amide bonds. The summed E-state index contributed by atoms with van der Waals surface area (Å²) >= 11 is 0. The monoisotopic (exact) mass is 476 g/mol. The minimum Gasteiger partial charge on any atom is -0.489 e. The number of carbonyl (C=O) groups excluding carboxylic acids is 1. The molecule has 1 atom stereocenters. The highest BCUT2D eigenvalue weighted by atomic mass is 16.5. The fourth-order valence-corrected chi connectivity index (χ4v) is 4.96. The fraction of sp³-hybridized carbons (Fsp3) is 0.219. The van der Waals surface area contributed by atoms with Crippen molar-refractivity contribution in [3.8, 4) is 5.75 Å². The lowest BCUT2D eigenvalue weighted by atomic mass is 9.86. The van der Waals surface area contributed by atoms with Gasteiger partial charge in [0.15, 0.2) is 0 Å². The van der Waals surface area contributed by atoms with E-state index in [0.29, 0.717) is 13.2 Å². The summed E-state index contributed by atoms with van der Waals surface area (Å²) < 4.78 is 6.07. The van der Waals surface area contributed by atoms with Gasteiger partial charge < -0.3 is 15.0 Å². The Labute approximate surface area is 213 Å². The van der Waals surface area contributed by atoms with Crippen LogP contribution in [0.15, 0.2) is 103 Å². The van der Waals surface area contributed by atoms with Gasteiger partial charge in [-0.1, -0.05) is 78.9 Å². The Bertz CT molecular complexity index is 1320. The van der Waals surface area contributed by atoms with Gasteiger partial charge in [0.25, 0.3) is 0 Å². The predicted octanol–water partition coefficient (Wildman–Crippen LogP) is 7.69. The molecule has 0 radical (unpaired) electrons. The number of amides is 2. The highest BCUT2D eigenvalue weighted by Crippen LogP contribution is 2.36. The molecule has 0 aromatic heterocycles. The Kier molecular flexibility index (Phi) is 7.32. The SMILES string of the molecule is Cc1cccc(NC(=O)N(Cc2cccc(OCc3ccccc3)c2)C2CCCc3ccccc32)c1. The Morgan fingerprint density at radius 3 is 2.53 bits per heavy atom. The number of benzene rings is 4. The van der Waals surface area contributed by atoms with Gasteiger partial charge in [-0.05, 0) is 78.3 Å². The van der Waals surface area contributed by atoms with Crippen molar-refractivity contribution >= 4 is 11.7 Å². The van der Waals surface area contributed by atoms with Crippen LogP contribution in [0.5, 0.6) is 5.75 Å². The van der Waals surface area contributed by atoms with E-state index in [1.165, 1.54) is 11.1 Å². The Hall–Kier alpha value is -4.05. The average Bonchev–Trinajstić information content (AvgIpc) is 2.91. The first-order valence-corrected chi connectivity index (χ1v) is 12.6. The molecule has 0 heterocycles. The van der Waals surface area contributed by atoms with Gasteiger partial charge in [-0.3, -0.25) is 0 Å². The molecule has 1 aliphatic carbocycles. The lowest BCUT2D eigenvalue weighted by Crippen LogP contribution is -2.39. The zero-order valence-corrected chi connectivity index (χ0v) is 20.7. The highest BCUT2D eigenvalue weighted by Gasteiger charge is 2.29. The summed E-state index contributed by atoms with van der Waals surface area (Å²) in [5, 5.41) is 3.15. The second-order valence-electron chi connectivity index (χ2n) is 9.46. The van der Waals surface area contributed by atoms with E-state index in [2.05, 4.69) is 47.8 Å². The molecule has 4 aromatic rings. The smallest absolute Gasteiger partial charge is 0.322 e. The molecular weight excluding hydrogens is 444 g/mol. The maximum atomic E-state index is 13.7. The van der Waals surface area contributed by atoms with Crippen molar-refractivity contribution in [1.29, 1.82) is 0 Å². The number of hydrogen-bond donors (Lipinski definition) is 1. The molecule has 0 spiro atoms. The van der Waals surface area contributed by atoms with E-state index < -0.39 is 0 Å². The lowest BCUT2D eigenvalue weighted by molar-refractivity contribution is 0.175. The van der Waals surface area contributed by atoms with E-state index in [-0.39, 0.29) is 12.1 Å². The number of anilines is 1. The van der Waals surface area contributed by atoms with E-state index in [1.807, 2.05) is 72.5 Å². The maximum absolute atomic E-state index is 13.7. The summed E-state index contributed by atoms with van der Waals surface area (Å²) in [5.74, 6) is 0.805. The summed E-state index contributed by atoms with van der Waals surface area (Å²) in [5.41, 5.74) is 6.69. The van der Waals surface area contributed by atoms with Gasteiger partial charge in [0.05, 0.1) is 6.04 Å². The number of nitrogens with zero attached hydrogens (tertiary/aromatic N) is 1. The van der Waals surface area contributed by atoms with Crippen LogP contribution < -0.4 is 10.1 Å². The van der Waals surface area contributed by atoms with Crippen molar-refractivity contribution in [2.24, 2.45) is 0 Å². The molecule has 4 heteroatoms. The number of fused-ring (bicyclic) bond motifs is 1. The molecule has 4 aromatic carbocycles. The third kappa shape index (κ3) is 5.77. The second-order valence-corrected chi connectivity index (χ2v) is 9.46. The molecule has 0 saturated carbocycles. The van der Waals surface area contributed by atoms with Gasteiger partial charge in [-0.25, -0.2) is 4.79 Å². The summed E-state index contributed by atoms with van der Waals surface area (Å²) in [7, 11) is 0. The van der Waals surface area contributed by atoms with Crippen LogP contribution in [0.2, 0.25) is 0 Å². The molecular formula is C32H32N2O2. The Morgan fingerprint density at radius 1 is 0.889 bits per heavy atom. The predicted molar refractivity (Wildman–Crippen MR) is 145 cm³/mol. The maximum Gasteiger partial charge on any atom is 0.322 e. The Morgan fingerprint density at radius 2 is 1.67 bits per heavy atom. The van der Waals surface area contributed by atoms with Crippen LogP contribution in [0, 0.1) is 6.92 Å². The van der Waals surface area contributed by atoms with E-state index in [1.54, 1.807) is 0 Å². The van der Waals surface area contributed by atoms with E-state index in [0.717, 1.165) is 47.4 Å². The van der Waals surface area contributed by atoms with Crippen LogP contribution in [-0.2, 0) is 19.6 Å². The summed E-state index contributed by atoms with van der Waals surface area (Å²) in [4.78, 5) is 15.7. The van der Waals surface area contributed by atoms with E-state index >= 15 is 0 Å². The standard InChI is InChI=1S/C32H32N2O2/c1-24-10-7-16-28(20-24)33-32(35)34(31-19-9-15-27-14-5-6-18-30(27)31)22-26-13-8-17-29(21-26)36-23-25-11-3-2-4-12-25/h2-8,10-14,16-18,20-21,31H,9,15,19,22-23H2,1H3,(H,33,35). The molecule has 4 nitrogen and oxygen atoms in total. The fourth-order valence-electron chi connectivity index (χ4n) is 4.96. The topological polar surface area (TPSA) is 41.6 Å².